The van der Waals surface area contributed by atoms with Crippen LogP contribution in [0.15, 0.2) is 23.3 Å². The predicted molar refractivity (Wildman–Crippen MR) is 84.0 cm³/mol. The molecule has 1 rings (SSSR count). The first-order valence-corrected chi connectivity index (χ1v) is 7.57. The molecule has 2 heteroatoms. The summed E-state index contributed by atoms with van der Waals surface area (Å²) >= 11 is 0. The van der Waals surface area contributed by atoms with Gasteiger partial charge in [0.25, 0.3) is 0 Å². The van der Waals surface area contributed by atoms with Gasteiger partial charge in [0, 0.05) is 18.7 Å². The topological polar surface area (TPSA) is 20.3 Å². The molecule has 1 heterocycles. The van der Waals surface area contributed by atoms with Crippen LogP contribution in [0.5, 0.6) is 0 Å². The van der Waals surface area contributed by atoms with Crippen LogP contribution in [-0.2, 0) is 4.79 Å². The molecule has 0 aliphatic carbocycles. The maximum absolute atomic E-state index is 12.2. The molecule has 0 N–H and O–H groups in total. The highest BCUT2D eigenvalue weighted by Gasteiger charge is 2.22. The van der Waals surface area contributed by atoms with Crippen LogP contribution in [0.4, 0.5) is 0 Å². The lowest BCUT2D eigenvalue weighted by Crippen LogP contribution is -2.35. The second-order valence-electron chi connectivity index (χ2n) is 5.65. The molecule has 0 aromatic carbocycles. The first-order valence-electron chi connectivity index (χ1n) is 7.57. The molecule has 0 aromatic rings. The van der Waals surface area contributed by atoms with Crippen LogP contribution in [0.3, 0.4) is 0 Å². The summed E-state index contributed by atoms with van der Waals surface area (Å²) in [6.45, 7) is 17.6. The van der Waals surface area contributed by atoms with Crippen LogP contribution in [0, 0.1) is 11.8 Å². The Morgan fingerprint density at radius 2 is 1.42 bits per heavy atom. The highest BCUT2D eigenvalue weighted by atomic mass is 16.2. The highest BCUT2D eigenvalue weighted by Crippen LogP contribution is 2.28. The van der Waals surface area contributed by atoms with E-state index in [1.807, 2.05) is 24.8 Å². The predicted octanol–water partition coefficient (Wildman–Crippen LogP) is 4.43. The van der Waals surface area contributed by atoms with Gasteiger partial charge in [-0.3, -0.25) is 4.79 Å². The molecule has 0 saturated carbocycles. The van der Waals surface area contributed by atoms with E-state index in [2.05, 4.69) is 47.6 Å². The lowest BCUT2D eigenvalue weighted by Gasteiger charge is -2.23. The van der Waals surface area contributed by atoms with Gasteiger partial charge in [0.2, 0.25) is 5.91 Å². The van der Waals surface area contributed by atoms with Crippen molar-refractivity contribution in [2.45, 2.75) is 61.4 Å². The van der Waals surface area contributed by atoms with Crippen LogP contribution in [0.25, 0.3) is 0 Å². The smallest absolute Gasteiger partial charge is 0.247 e. The van der Waals surface area contributed by atoms with Crippen molar-refractivity contribution in [2.75, 3.05) is 6.54 Å². The fourth-order valence-electron chi connectivity index (χ4n) is 2.24. The van der Waals surface area contributed by atoms with Crippen molar-refractivity contribution in [1.29, 1.82) is 0 Å². The number of allylic oxidation sites excluding steroid dienone is 2. The van der Waals surface area contributed by atoms with Crippen molar-refractivity contribution in [3.05, 3.63) is 23.3 Å². The normalized spacial score (nSPS) is 16.2. The van der Waals surface area contributed by atoms with Gasteiger partial charge in [-0.15, -0.1) is 0 Å². The second-order valence-corrected chi connectivity index (χ2v) is 5.65. The van der Waals surface area contributed by atoms with Crippen LogP contribution >= 0.6 is 0 Å². The zero-order valence-electron chi connectivity index (χ0n) is 13.9. The molecule has 0 spiro atoms. The minimum atomic E-state index is 0.149. The Bertz CT molecular complexity index is 348. The third-order valence-corrected chi connectivity index (χ3v) is 3.27. The van der Waals surface area contributed by atoms with Crippen LogP contribution in [0.1, 0.15) is 55.4 Å². The average Bonchev–Trinajstić information content (AvgIpc) is 2.50. The van der Waals surface area contributed by atoms with Gasteiger partial charge in [0.1, 0.15) is 0 Å². The fraction of sp³-hybridized carbons (Fsp3) is 0.706. The van der Waals surface area contributed by atoms with Gasteiger partial charge in [-0.25, -0.2) is 0 Å². The van der Waals surface area contributed by atoms with E-state index in [4.69, 9.17) is 0 Å². The monoisotopic (exact) mass is 265 g/mol. The molecular weight excluding hydrogens is 234 g/mol. The summed E-state index contributed by atoms with van der Waals surface area (Å²) in [5.41, 5.74) is 2.53. The summed E-state index contributed by atoms with van der Waals surface area (Å²) in [5.74, 6) is 1.03. The van der Waals surface area contributed by atoms with Crippen molar-refractivity contribution < 1.29 is 4.79 Å². The number of nitrogens with zero attached hydrogens (tertiary/aromatic N) is 1. The third-order valence-electron chi connectivity index (χ3n) is 3.27. The van der Waals surface area contributed by atoms with Gasteiger partial charge < -0.3 is 4.90 Å². The Hall–Kier alpha value is -1.05. The van der Waals surface area contributed by atoms with Crippen molar-refractivity contribution in [3.8, 4) is 0 Å². The Morgan fingerprint density at radius 3 is 1.79 bits per heavy atom. The second kappa shape index (κ2) is 8.19. The van der Waals surface area contributed by atoms with Crippen LogP contribution in [0.2, 0.25) is 0 Å². The molecule has 19 heavy (non-hydrogen) atoms. The van der Waals surface area contributed by atoms with Crippen LogP contribution in [-0.4, -0.2) is 23.4 Å². The van der Waals surface area contributed by atoms with E-state index in [1.165, 1.54) is 11.1 Å². The summed E-state index contributed by atoms with van der Waals surface area (Å²) in [4.78, 5) is 14.1. The molecule has 1 amide bonds. The largest absolute Gasteiger partial charge is 0.333 e. The van der Waals surface area contributed by atoms with Gasteiger partial charge in [0.05, 0.1) is 0 Å². The summed E-state index contributed by atoms with van der Waals surface area (Å²) in [7, 11) is 0. The van der Waals surface area contributed by atoms with E-state index in [0.717, 1.165) is 6.54 Å². The van der Waals surface area contributed by atoms with Crippen molar-refractivity contribution in [1.82, 2.24) is 4.90 Å². The van der Waals surface area contributed by atoms with Crippen molar-refractivity contribution in [3.63, 3.8) is 0 Å². The van der Waals surface area contributed by atoms with E-state index in [9.17, 15) is 4.79 Å². The Balaban J connectivity index is 0.00000154. The fourth-order valence-corrected chi connectivity index (χ4v) is 2.24. The van der Waals surface area contributed by atoms with Gasteiger partial charge in [-0.05, 0) is 36.8 Å². The molecule has 1 aliphatic heterocycles. The number of hydrogen-bond donors (Lipinski definition) is 0. The zero-order chi connectivity index (χ0) is 15.2. The first-order chi connectivity index (χ1) is 8.84. The standard InChI is InChI=1S/C15H25NO.C2H6/c1-10(2)13-7-8-16(12(5)6)15(17)9-14(13)11(3)4;1-2/h7,9-12H,8H2,1-6H3;1-2H3. The number of hydrogen-bond acceptors (Lipinski definition) is 1. The molecule has 0 unspecified atom stereocenters. The highest BCUT2D eigenvalue weighted by molar-refractivity contribution is 5.90. The maximum Gasteiger partial charge on any atom is 0.247 e. The molecule has 0 aromatic heterocycles. The molecule has 0 atom stereocenters. The van der Waals surface area contributed by atoms with Crippen molar-refractivity contribution in [2.24, 2.45) is 11.8 Å². The number of rotatable bonds is 3. The quantitative estimate of drug-likeness (QED) is 0.739. The minimum absolute atomic E-state index is 0.149. The molecular formula is C17H31NO. The molecule has 0 fully saturated rings. The maximum atomic E-state index is 12.2. The summed E-state index contributed by atoms with van der Waals surface area (Å²) in [6, 6.07) is 0.259. The minimum Gasteiger partial charge on any atom is -0.333 e. The van der Waals surface area contributed by atoms with E-state index in [1.54, 1.807) is 0 Å². The Morgan fingerprint density at radius 1 is 0.947 bits per heavy atom. The average molecular weight is 265 g/mol. The summed E-state index contributed by atoms with van der Waals surface area (Å²) in [5, 5.41) is 0. The lowest BCUT2D eigenvalue weighted by molar-refractivity contribution is -0.127. The number of carbonyl (C=O) groups excluding carboxylic acids is 1. The number of amides is 1. The van der Waals surface area contributed by atoms with Crippen LogP contribution < -0.4 is 0 Å². The molecule has 0 radical (unpaired) electrons. The summed E-state index contributed by atoms with van der Waals surface area (Å²) in [6.07, 6.45) is 4.06. The van der Waals surface area contributed by atoms with Gasteiger partial charge in [-0.2, -0.15) is 0 Å². The molecule has 110 valence electrons. The molecule has 0 bridgehead atoms. The molecule has 1 aliphatic rings. The Kier molecular flexibility index (Phi) is 7.73. The lowest BCUT2D eigenvalue weighted by atomic mass is 9.88. The van der Waals surface area contributed by atoms with Gasteiger partial charge >= 0.3 is 0 Å². The van der Waals surface area contributed by atoms with E-state index in [0.29, 0.717) is 11.8 Å². The summed E-state index contributed by atoms with van der Waals surface area (Å²) < 4.78 is 0. The third kappa shape index (κ3) is 4.85. The SMILES string of the molecule is CC.CC(C)C1=CCN(C(C)C)C(=O)C=C1C(C)C. The molecule has 0 saturated heterocycles. The van der Waals surface area contributed by atoms with E-state index in [-0.39, 0.29) is 11.9 Å². The number of carbonyl (C=O) groups is 1. The van der Waals surface area contributed by atoms with Gasteiger partial charge in [0.15, 0.2) is 0 Å². The first kappa shape index (κ1) is 17.9. The molecule has 2 nitrogen and oxygen atoms in total. The van der Waals surface area contributed by atoms with Gasteiger partial charge in [-0.1, -0.05) is 47.6 Å². The Labute approximate surface area is 119 Å². The van der Waals surface area contributed by atoms with E-state index < -0.39 is 0 Å². The van der Waals surface area contributed by atoms with Crippen molar-refractivity contribution >= 4 is 5.91 Å². The van der Waals surface area contributed by atoms with E-state index >= 15 is 0 Å². The zero-order valence-corrected chi connectivity index (χ0v) is 13.9.